The maximum Gasteiger partial charge on any atom is 0.254 e. The van der Waals surface area contributed by atoms with E-state index in [1.807, 2.05) is 44.4 Å². The number of benzene rings is 1. The third kappa shape index (κ3) is 6.87. The normalized spacial score (nSPS) is 15.9. The number of hydrogen-bond acceptors (Lipinski definition) is 5. The van der Waals surface area contributed by atoms with Crippen LogP contribution < -0.4 is 5.32 Å². The molecule has 1 amide bonds. The summed E-state index contributed by atoms with van der Waals surface area (Å²) in [5.41, 5.74) is 6.18. The van der Waals surface area contributed by atoms with E-state index in [9.17, 15) is 4.79 Å². The molecular weight excluding hydrogens is 517 g/mol. The highest BCUT2D eigenvalue weighted by Gasteiger charge is 2.28. The number of aliphatic imine (C=N–C) groups is 1. The molecule has 1 unspecified atom stereocenters. The lowest BCUT2D eigenvalue weighted by Gasteiger charge is -2.35. The SMILES string of the molecule is CC.O=C(NCc1ccc(CN(CC2=NC=CC2)C2CCCc3cccnc32)cc1)c1c(Cl)cncc1Cl. The summed E-state index contributed by atoms with van der Waals surface area (Å²) in [5, 5.41) is 3.36. The molecule has 2 aliphatic rings. The van der Waals surface area contributed by atoms with Gasteiger partial charge < -0.3 is 5.32 Å². The van der Waals surface area contributed by atoms with Crippen LogP contribution in [0.25, 0.3) is 0 Å². The molecular formula is C30H33Cl2N5O. The molecule has 0 bridgehead atoms. The van der Waals surface area contributed by atoms with E-state index in [2.05, 4.69) is 44.5 Å². The second-order valence-electron chi connectivity index (χ2n) is 9.12. The van der Waals surface area contributed by atoms with Crippen molar-refractivity contribution in [3.63, 3.8) is 0 Å². The lowest BCUT2D eigenvalue weighted by atomic mass is 9.90. The first-order valence-corrected chi connectivity index (χ1v) is 13.9. The Labute approximate surface area is 234 Å². The van der Waals surface area contributed by atoms with Crippen molar-refractivity contribution < 1.29 is 4.79 Å². The van der Waals surface area contributed by atoms with Crippen LogP contribution in [0.4, 0.5) is 0 Å². The van der Waals surface area contributed by atoms with Crippen molar-refractivity contribution in [1.29, 1.82) is 0 Å². The highest BCUT2D eigenvalue weighted by molar-refractivity contribution is 6.39. The maximum atomic E-state index is 12.6. The van der Waals surface area contributed by atoms with Crippen LogP contribution >= 0.6 is 23.2 Å². The zero-order valence-corrected chi connectivity index (χ0v) is 23.3. The third-order valence-electron chi connectivity index (χ3n) is 6.65. The van der Waals surface area contributed by atoms with E-state index in [1.54, 1.807) is 0 Å². The average molecular weight is 551 g/mol. The summed E-state index contributed by atoms with van der Waals surface area (Å²) in [6.07, 6.45) is 13.0. The van der Waals surface area contributed by atoms with E-state index in [-0.39, 0.29) is 27.6 Å². The van der Waals surface area contributed by atoms with E-state index in [0.29, 0.717) is 6.54 Å². The Kier molecular flexibility index (Phi) is 10.0. The monoisotopic (exact) mass is 549 g/mol. The molecule has 38 heavy (non-hydrogen) atoms. The molecule has 0 saturated carbocycles. The number of hydrogen-bond donors (Lipinski definition) is 1. The Bertz CT molecular complexity index is 1290. The molecule has 198 valence electrons. The molecule has 1 atom stereocenters. The number of aryl methyl sites for hydroxylation is 1. The van der Waals surface area contributed by atoms with Crippen LogP contribution in [0.2, 0.25) is 10.0 Å². The minimum absolute atomic E-state index is 0.233. The van der Waals surface area contributed by atoms with E-state index in [0.717, 1.165) is 44.3 Å². The number of halogens is 2. The average Bonchev–Trinajstić information content (AvgIpc) is 3.46. The van der Waals surface area contributed by atoms with Crippen molar-refractivity contribution >= 4 is 34.8 Å². The van der Waals surface area contributed by atoms with Gasteiger partial charge in [-0.2, -0.15) is 0 Å². The molecule has 0 radical (unpaired) electrons. The van der Waals surface area contributed by atoms with Gasteiger partial charge in [-0.15, -0.1) is 0 Å². The van der Waals surface area contributed by atoms with Crippen molar-refractivity contribution in [3.8, 4) is 0 Å². The van der Waals surface area contributed by atoms with E-state index in [4.69, 9.17) is 28.2 Å². The van der Waals surface area contributed by atoms with Gasteiger partial charge in [0.15, 0.2) is 0 Å². The van der Waals surface area contributed by atoms with Gasteiger partial charge in [0.25, 0.3) is 5.91 Å². The predicted molar refractivity (Wildman–Crippen MR) is 155 cm³/mol. The molecule has 0 spiro atoms. The first-order chi connectivity index (χ1) is 18.6. The number of rotatable bonds is 8. The maximum absolute atomic E-state index is 12.6. The van der Waals surface area contributed by atoms with Crippen LogP contribution in [-0.4, -0.2) is 33.0 Å². The van der Waals surface area contributed by atoms with Gasteiger partial charge in [-0.05, 0) is 42.0 Å². The number of amides is 1. The molecule has 1 N–H and O–H groups in total. The summed E-state index contributed by atoms with van der Waals surface area (Å²) in [5.74, 6) is -0.322. The Morgan fingerprint density at radius 3 is 2.50 bits per heavy atom. The second-order valence-corrected chi connectivity index (χ2v) is 9.94. The number of carbonyl (C=O) groups is 1. The molecule has 2 aromatic heterocycles. The van der Waals surface area contributed by atoms with Gasteiger partial charge in [0.2, 0.25) is 0 Å². The summed E-state index contributed by atoms with van der Waals surface area (Å²) >= 11 is 12.2. The highest BCUT2D eigenvalue weighted by atomic mass is 35.5. The van der Waals surface area contributed by atoms with Gasteiger partial charge in [0.05, 0.1) is 27.3 Å². The zero-order valence-electron chi connectivity index (χ0n) is 21.8. The molecule has 6 nitrogen and oxygen atoms in total. The Hall–Kier alpha value is -3.06. The molecule has 3 aromatic rings. The summed E-state index contributed by atoms with van der Waals surface area (Å²) in [6, 6.07) is 12.8. The predicted octanol–water partition coefficient (Wildman–Crippen LogP) is 6.98. The van der Waals surface area contributed by atoms with E-state index < -0.39 is 0 Å². The van der Waals surface area contributed by atoms with Crippen LogP contribution in [0.5, 0.6) is 0 Å². The molecule has 8 heteroatoms. The van der Waals surface area contributed by atoms with Gasteiger partial charge in [-0.3, -0.25) is 24.7 Å². The van der Waals surface area contributed by atoms with Crippen LogP contribution in [0, 0.1) is 0 Å². The number of nitrogens with zero attached hydrogens (tertiary/aromatic N) is 4. The Morgan fingerprint density at radius 1 is 1.05 bits per heavy atom. The molecule has 5 rings (SSSR count). The van der Waals surface area contributed by atoms with Crippen molar-refractivity contribution in [2.45, 2.75) is 58.7 Å². The molecule has 3 heterocycles. The first-order valence-electron chi connectivity index (χ1n) is 13.1. The Balaban J connectivity index is 0.00000164. The van der Waals surface area contributed by atoms with Crippen molar-refractivity contribution in [2.75, 3.05) is 6.54 Å². The van der Waals surface area contributed by atoms with Crippen LogP contribution in [0.3, 0.4) is 0 Å². The third-order valence-corrected chi connectivity index (χ3v) is 7.22. The number of aromatic nitrogens is 2. The standard InChI is InChI=1S/C28H27Cl2N5O.C2H6/c29-23-15-31-16-24(30)26(23)28(36)34-14-19-8-10-20(11-9-19)17-35(18-22-6-3-12-32-22)25-7-1-4-21-5-2-13-33-27(21)25;1-2/h2-3,5,8-13,15-16,25H,1,4,6-7,14,17-18H2,(H,34,36);1-2H3. The van der Waals surface area contributed by atoms with Gasteiger partial charge in [0, 0.05) is 56.6 Å². The van der Waals surface area contributed by atoms with Crippen molar-refractivity contribution in [2.24, 2.45) is 4.99 Å². The van der Waals surface area contributed by atoms with Gasteiger partial charge in [-0.1, -0.05) is 73.5 Å². The summed E-state index contributed by atoms with van der Waals surface area (Å²) < 4.78 is 0. The summed E-state index contributed by atoms with van der Waals surface area (Å²) in [6.45, 7) is 5.99. The van der Waals surface area contributed by atoms with Crippen LogP contribution in [0.1, 0.15) is 71.9 Å². The second kappa shape index (κ2) is 13.7. The quantitative estimate of drug-likeness (QED) is 0.329. The summed E-state index contributed by atoms with van der Waals surface area (Å²) in [4.78, 5) is 28.3. The fraction of sp³-hybridized carbons (Fsp3) is 0.333. The number of carbonyl (C=O) groups excluding carboxylic acids is 1. The zero-order chi connectivity index (χ0) is 26.9. The van der Waals surface area contributed by atoms with Gasteiger partial charge >= 0.3 is 0 Å². The molecule has 0 fully saturated rings. The summed E-state index contributed by atoms with van der Waals surface area (Å²) in [7, 11) is 0. The fourth-order valence-electron chi connectivity index (χ4n) is 4.85. The van der Waals surface area contributed by atoms with Gasteiger partial charge in [0.1, 0.15) is 0 Å². The number of pyridine rings is 2. The van der Waals surface area contributed by atoms with Crippen LogP contribution in [-0.2, 0) is 19.5 Å². The topological polar surface area (TPSA) is 70.5 Å². The molecule has 1 aliphatic carbocycles. The van der Waals surface area contributed by atoms with Gasteiger partial charge in [-0.25, -0.2) is 0 Å². The fourth-order valence-corrected chi connectivity index (χ4v) is 5.39. The largest absolute Gasteiger partial charge is 0.348 e. The lowest BCUT2D eigenvalue weighted by molar-refractivity contribution is 0.0951. The first kappa shape index (κ1) is 28.0. The van der Waals surface area contributed by atoms with E-state index in [1.165, 1.54) is 34.9 Å². The number of allylic oxidation sites excluding steroid dienone is 1. The minimum atomic E-state index is -0.322. The lowest BCUT2D eigenvalue weighted by Crippen LogP contribution is -2.35. The van der Waals surface area contributed by atoms with E-state index >= 15 is 0 Å². The van der Waals surface area contributed by atoms with Crippen LogP contribution in [0.15, 0.2) is 72.3 Å². The Morgan fingerprint density at radius 2 is 1.79 bits per heavy atom. The highest BCUT2D eigenvalue weighted by Crippen LogP contribution is 2.34. The van der Waals surface area contributed by atoms with Crippen molar-refractivity contribution in [3.05, 3.63) is 105 Å². The molecule has 1 aromatic carbocycles. The smallest absolute Gasteiger partial charge is 0.254 e. The minimum Gasteiger partial charge on any atom is -0.348 e. The molecule has 1 aliphatic heterocycles. The number of fused-ring (bicyclic) bond motifs is 1. The molecule has 0 saturated heterocycles. The number of nitrogens with one attached hydrogen (secondary N) is 1. The van der Waals surface area contributed by atoms with Crippen molar-refractivity contribution in [1.82, 2.24) is 20.2 Å².